The van der Waals surface area contributed by atoms with Crippen molar-refractivity contribution in [2.24, 2.45) is 0 Å². The summed E-state index contributed by atoms with van der Waals surface area (Å²) >= 11 is 0. The van der Waals surface area contributed by atoms with Gasteiger partial charge < -0.3 is 24.2 Å². The fourth-order valence-electron chi connectivity index (χ4n) is 3.18. The number of hydrogen-bond donors (Lipinski definition) is 1. The molecule has 2 heterocycles. The van der Waals surface area contributed by atoms with Crippen LogP contribution in [0.2, 0.25) is 0 Å². The Bertz CT molecular complexity index is 938. The second-order valence-electron chi connectivity index (χ2n) is 6.90. The monoisotopic (exact) mass is 363 g/mol. The maximum absolute atomic E-state index is 14.9. The number of aromatic carboxylic acids is 1. The van der Waals surface area contributed by atoms with Crippen LogP contribution in [0.5, 0.6) is 5.75 Å². The van der Waals surface area contributed by atoms with Gasteiger partial charge in [0.1, 0.15) is 17.9 Å². The van der Waals surface area contributed by atoms with E-state index in [0.717, 1.165) is 6.07 Å². The van der Waals surface area contributed by atoms with Crippen molar-refractivity contribution in [3.8, 4) is 5.75 Å². The minimum absolute atomic E-state index is 0.0220. The standard InChI is InChI=1S/C18H22FN3O4/c1-10-9-26-17-14-11(16(23)12(18(24)25)8-22(10)14)7-13(19)15(17)21(4)6-5-20(2)3/h7-8,10H,5-6,9H2,1-4H3,(H,24,25). The predicted octanol–water partition coefficient (Wildman–Crippen LogP) is 1.79. The minimum atomic E-state index is -1.33. The molecule has 1 unspecified atom stereocenters. The summed E-state index contributed by atoms with van der Waals surface area (Å²) in [5.74, 6) is -1.64. The van der Waals surface area contributed by atoms with Crippen LogP contribution in [0.15, 0.2) is 17.1 Å². The second kappa shape index (κ2) is 6.60. The third-order valence-electron chi connectivity index (χ3n) is 4.64. The molecule has 0 saturated heterocycles. The van der Waals surface area contributed by atoms with Gasteiger partial charge >= 0.3 is 5.97 Å². The molecule has 140 valence electrons. The second-order valence-corrected chi connectivity index (χ2v) is 6.90. The number of carboxylic acids is 1. The van der Waals surface area contributed by atoms with Crippen molar-refractivity contribution >= 4 is 22.6 Å². The number of nitrogens with zero attached hydrogens (tertiary/aromatic N) is 3. The van der Waals surface area contributed by atoms with Crippen LogP contribution in [-0.2, 0) is 0 Å². The minimum Gasteiger partial charge on any atom is -0.487 e. The van der Waals surface area contributed by atoms with Gasteiger partial charge in [0, 0.05) is 26.3 Å². The first-order valence-electron chi connectivity index (χ1n) is 8.35. The van der Waals surface area contributed by atoms with E-state index in [1.807, 2.05) is 25.9 Å². The van der Waals surface area contributed by atoms with Gasteiger partial charge in [-0.25, -0.2) is 9.18 Å². The Morgan fingerprint density at radius 3 is 2.69 bits per heavy atom. The van der Waals surface area contributed by atoms with Crippen molar-refractivity contribution in [3.63, 3.8) is 0 Å². The van der Waals surface area contributed by atoms with Gasteiger partial charge in [-0.1, -0.05) is 0 Å². The van der Waals surface area contributed by atoms with Gasteiger partial charge in [-0.15, -0.1) is 0 Å². The van der Waals surface area contributed by atoms with Crippen LogP contribution in [-0.4, -0.2) is 61.4 Å². The molecule has 7 nitrogen and oxygen atoms in total. The Labute approximate surface area is 150 Å². The summed E-state index contributed by atoms with van der Waals surface area (Å²) in [5.41, 5.74) is -0.358. The van der Waals surface area contributed by atoms with E-state index in [9.17, 15) is 19.1 Å². The first kappa shape index (κ1) is 18.2. The van der Waals surface area contributed by atoms with Crippen molar-refractivity contribution in [3.05, 3.63) is 33.9 Å². The van der Waals surface area contributed by atoms with Crippen LogP contribution in [0.4, 0.5) is 10.1 Å². The number of halogens is 1. The van der Waals surface area contributed by atoms with Crippen molar-refractivity contribution in [1.29, 1.82) is 0 Å². The van der Waals surface area contributed by atoms with Crippen LogP contribution < -0.4 is 15.1 Å². The molecule has 1 N–H and O–H groups in total. The highest BCUT2D eigenvalue weighted by Crippen LogP contribution is 2.41. The number of carbonyl (C=O) groups is 1. The molecule has 1 aliphatic rings. The molecule has 8 heteroatoms. The van der Waals surface area contributed by atoms with Crippen LogP contribution in [0.3, 0.4) is 0 Å². The zero-order valence-electron chi connectivity index (χ0n) is 15.2. The molecule has 1 aromatic heterocycles. The molecule has 0 amide bonds. The molecule has 1 aromatic carbocycles. The zero-order valence-corrected chi connectivity index (χ0v) is 15.2. The number of benzene rings is 1. The molecule has 1 aliphatic heterocycles. The summed E-state index contributed by atoms with van der Waals surface area (Å²) in [6.45, 7) is 3.41. The molecule has 2 aromatic rings. The van der Waals surface area contributed by atoms with Crippen LogP contribution in [0.25, 0.3) is 10.9 Å². The maximum atomic E-state index is 14.9. The van der Waals surface area contributed by atoms with E-state index >= 15 is 0 Å². The SMILES string of the molecule is CC1COc2c(N(C)CCN(C)C)c(F)cc3c(=O)c(C(=O)O)cn1c23. The number of pyridine rings is 1. The molecule has 0 aliphatic carbocycles. The highest BCUT2D eigenvalue weighted by atomic mass is 19.1. The largest absolute Gasteiger partial charge is 0.487 e. The highest BCUT2D eigenvalue weighted by Gasteiger charge is 2.29. The molecular formula is C18H22FN3O4. The van der Waals surface area contributed by atoms with E-state index in [2.05, 4.69) is 0 Å². The van der Waals surface area contributed by atoms with Crippen molar-refractivity contribution < 1.29 is 19.0 Å². The summed E-state index contributed by atoms with van der Waals surface area (Å²) in [6.07, 6.45) is 1.32. The van der Waals surface area contributed by atoms with Gasteiger partial charge in [-0.05, 0) is 27.1 Å². The molecular weight excluding hydrogens is 341 g/mol. The topological polar surface area (TPSA) is 75.0 Å². The van der Waals surface area contributed by atoms with Crippen molar-refractivity contribution in [2.75, 3.05) is 45.7 Å². The predicted molar refractivity (Wildman–Crippen MR) is 97.2 cm³/mol. The molecule has 0 bridgehead atoms. The van der Waals surface area contributed by atoms with Crippen LogP contribution >= 0.6 is 0 Å². The first-order valence-corrected chi connectivity index (χ1v) is 8.35. The summed E-state index contributed by atoms with van der Waals surface area (Å²) in [6, 6.07) is 0.946. The fourth-order valence-corrected chi connectivity index (χ4v) is 3.18. The highest BCUT2D eigenvalue weighted by molar-refractivity contribution is 5.97. The zero-order chi connectivity index (χ0) is 19.2. The Hall–Kier alpha value is -2.61. The quantitative estimate of drug-likeness (QED) is 0.873. The van der Waals surface area contributed by atoms with E-state index in [0.29, 0.717) is 18.6 Å². The van der Waals surface area contributed by atoms with Gasteiger partial charge in [0.15, 0.2) is 11.6 Å². The van der Waals surface area contributed by atoms with Crippen LogP contribution in [0, 0.1) is 5.82 Å². The lowest BCUT2D eigenvalue weighted by molar-refractivity contribution is 0.0694. The fraction of sp³-hybridized carbons (Fsp3) is 0.444. The van der Waals surface area contributed by atoms with Gasteiger partial charge in [0.25, 0.3) is 0 Å². The molecule has 0 spiro atoms. The number of rotatable bonds is 5. The van der Waals surface area contributed by atoms with Crippen molar-refractivity contribution in [1.82, 2.24) is 9.47 Å². The Balaban J connectivity index is 2.29. The average Bonchev–Trinajstić information content (AvgIpc) is 2.57. The van der Waals surface area contributed by atoms with Gasteiger partial charge in [0.05, 0.1) is 16.9 Å². The average molecular weight is 363 g/mol. The van der Waals surface area contributed by atoms with E-state index in [-0.39, 0.29) is 35.0 Å². The molecule has 0 fully saturated rings. The maximum Gasteiger partial charge on any atom is 0.341 e. The summed E-state index contributed by atoms with van der Waals surface area (Å²) in [5, 5.41) is 9.32. The lowest BCUT2D eigenvalue weighted by Gasteiger charge is -2.31. The molecule has 0 radical (unpaired) electrons. The summed E-state index contributed by atoms with van der Waals surface area (Å²) in [4.78, 5) is 27.7. The van der Waals surface area contributed by atoms with Crippen LogP contribution in [0.1, 0.15) is 23.3 Å². The lowest BCUT2D eigenvalue weighted by atomic mass is 10.1. The summed E-state index contributed by atoms with van der Waals surface area (Å²) in [7, 11) is 5.62. The third-order valence-corrected chi connectivity index (χ3v) is 4.64. The Morgan fingerprint density at radius 1 is 1.38 bits per heavy atom. The van der Waals surface area contributed by atoms with E-state index in [1.165, 1.54) is 6.20 Å². The van der Waals surface area contributed by atoms with Crippen molar-refractivity contribution in [2.45, 2.75) is 13.0 Å². The van der Waals surface area contributed by atoms with E-state index in [4.69, 9.17) is 4.74 Å². The third kappa shape index (κ3) is 2.90. The number of ether oxygens (including phenoxy) is 1. The van der Waals surface area contributed by atoms with Gasteiger partial charge in [-0.2, -0.15) is 0 Å². The first-order chi connectivity index (χ1) is 12.2. The summed E-state index contributed by atoms with van der Waals surface area (Å²) < 4.78 is 22.4. The number of anilines is 1. The lowest BCUT2D eigenvalue weighted by Crippen LogP contribution is -2.31. The van der Waals surface area contributed by atoms with E-state index < -0.39 is 17.2 Å². The number of hydrogen-bond acceptors (Lipinski definition) is 5. The Kier molecular flexibility index (Phi) is 4.62. The number of carboxylic acid groups (broad SMARTS) is 1. The normalized spacial score (nSPS) is 16.0. The molecule has 3 rings (SSSR count). The molecule has 0 saturated carbocycles. The van der Waals surface area contributed by atoms with E-state index in [1.54, 1.807) is 16.5 Å². The number of likely N-dealkylation sites (N-methyl/N-ethyl adjacent to an activating group) is 2. The number of aromatic nitrogens is 1. The Morgan fingerprint density at radius 2 is 2.08 bits per heavy atom. The molecule has 26 heavy (non-hydrogen) atoms. The molecule has 1 atom stereocenters. The van der Waals surface area contributed by atoms with Gasteiger partial charge in [-0.3, -0.25) is 4.79 Å². The smallest absolute Gasteiger partial charge is 0.341 e. The van der Waals surface area contributed by atoms with Gasteiger partial charge in [0.2, 0.25) is 5.43 Å².